The van der Waals surface area contributed by atoms with Gasteiger partial charge in [-0.3, -0.25) is 0 Å². The Morgan fingerprint density at radius 1 is 0.842 bits per heavy atom. The van der Waals surface area contributed by atoms with Crippen LogP contribution in [-0.2, 0) is 0 Å². The van der Waals surface area contributed by atoms with Gasteiger partial charge in [-0.1, -0.05) is 36.4 Å². The van der Waals surface area contributed by atoms with E-state index >= 15 is 0 Å². The lowest BCUT2D eigenvalue weighted by atomic mass is 9.84. The Kier molecular flexibility index (Phi) is 2.39. The second-order valence-corrected chi connectivity index (χ2v) is 5.61. The first-order chi connectivity index (χ1) is 9.33. The summed E-state index contributed by atoms with van der Waals surface area (Å²) >= 11 is 0. The average molecular weight is 251 g/mol. The first-order valence-corrected chi connectivity index (χ1v) is 6.87. The molecule has 19 heavy (non-hydrogen) atoms. The van der Waals surface area contributed by atoms with E-state index in [4.69, 9.17) is 4.74 Å². The van der Waals surface area contributed by atoms with Gasteiger partial charge in [0.15, 0.2) is 0 Å². The second kappa shape index (κ2) is 4.10. The molecule has 96 valence electrons. The number of hydrogen-bond acceptors (Lipinski definition) is 2. The number of rotatable bonds is 0. The topological polar surface area (TPSA) is 12.5 Å². The van der Waals surface area contributed by atoms with Crippen molar-refractivity contribution in [2.45, 2.75) is 11.8 Å². The lowest BCUT2D eigenvalue weighted by Gasteiger charge is -2.16. The standard InChI is InChI=1S/C17H17NO/c1-18-10-14-12-6-2-4-8-16(12)19-17-9-5-3-7-13(17)15(14)11-18/h2-9,14-15H,10-11H2,1H3/t14-,15-/m1/s1. The van der Waals surface area contributed by atoms with E-state index in [-0.39, 0.29) is 0 Å². The van der Waals surface area contributed by atoms with Gasteiger partial charge in [0.25, 0.3) is 0 Å². The van der Waals surface area contributed by atoms with Gasteiger partial charge >= 0.3 is 0 Å². The average Bonchev–Trinajstić information content (AvgIpc) is 2.76. The molecule has 1 fully saturated rings. The molecule has 2 aliphatic rings. The number of ether oxygens (including phenoxy) is 1. The second-order valence-electron chi connectivity index (χ2n) is 5.61. The summed E-state index contributed by atoms with van der Waals surface area (Å²) in [5.74, 6) is 3.14. The van der Waals surface area contributed by atoms with Crippen LogP contribution in [0.25, 0.3) is 0 Å². The summed E-state index contributed by atoms with van der Waals surface area (Å²) in [4.78, 5) is 2.42. The summed E-state index contributed by atoms with van der Waals surface area (Å²) in [7, 11) is 2.21. The number of likely N-dealkylation sites (tertiary alicyclic amines) is 1. The molecule has 0 spiro atoms. The smallest absolute Gasteiger partial charge is 0.130 e. The molecule has 0 N–H and O–H groups in total. The van der Waals surface area contributed by atoms with Crippen LogP contribution in [0.2, 0.25) is 0 Å². The summed E-state index contributed by atoms with van der Waals surface area (Å²) in [6.07, 6.45) is 0. The molecule has 0 bridgehead atoms. The molecular weight excluding hydrogens is 234 g/mol. The highest BCUT2D eigenvalue weighted by Gasteiger charge is 2.38. The third kappa shape index (κ3) is 1.67. The van der Waals surface area contributed by atoms with Gasteiger partial charge < -0.3 is 9.64 Å². The molecule has 0 aliphatic carbocycles. The first-order valence-electron chi connectivity index (χ1n) is 6.87. The van der Waals surface area contributed by atoms with Gasteiger partial charge in [-0.05, 0) is 30.3 Å². The molecule has 0 radical (unpaired) electrons. The van der Waals surface area contributed by atoms with E-state index in [9.17, 15) is 0 Å². The predicted molar refractivity (Wildman–Crippen MR) is 75.9 cm³/mol. The molecule has 0 unspecified atom stereocenters. The number of nitrogens with zero attached hydrogens (tertiary/aromatic N) is 1. The summed E-state index contributed by atoms with van der Waals surface area (Å²) < 4.78 is 6.16. The van der Waals surface area contributed by atoms with Gasteiger partial charge in [-0.25, -0.2) is 0 Å². The predicted octanol–water partition coefficient (Wildman–Crippen LogP) is 3.61. The largest absolute Gasteiger partial charge is 0.457 e. The molecule has 0 saturated carbocycles. The van der Waals surface area contributed by atoms with Crippen LogP contribution in [0.15, 0.2) is 48.5 Å². The van der Waals surface area contributed by atoms with Gasteiger partial charge in [-0.15, -0.1) is 0 Å². The summed E-state index contributed by atoms with van der Waals surface area (Å²) in [5.41, 5.74) is 2.71. The van der Waals surface area contributed by atoms with Gasteiger partial charge in [0.2, 0.25) is 0 Å². The zero-order valence-corrected chi connectivity index (χ0v) is 11.0. The summed E-state index contributed by atoms with van der Waals surface area (Å²) in [6, 6.07) is 17.0. The normalized spacial score (nSPS) is 24.9. The van der Waals surface area contributed by atoms with E-state index < -0.39 is 0 Å². The Labute approximate surface area is 113 Å². The van der Waals surface area contributed by atoms with Crippen LogP contribution in [-0.4, -0.2) is 25.0 Å². The van der Waals surface area contributed by atoms with Crippen molar-refractivity contribution in [1.29, 1.82) is 0 Å². The highest BCUT2D eigenvalue weighted by atomic mass is 16.5. The van der Waals surface area contributed by atoms with Crippen molar-refractivity contribution in [3.8, 4) is 11.5 Å². The van der Waals surface area contributed by atoms with Crippen molar-refractivity contribution in [3.05, 3.63) is 59.7 Å². The van der Waals surface area contributed by atoms with E-state index in [2.05, 4.69) is 60.5 Å². The highest BCUT2D eigenvalue weighted by Crippen LogP contribution is 2.49. The highest BCUT2D eigenvalue weighted by molar-refractivity contribution is 5.50. The van der Waals surface area contributed by atoms with E-state index in [1.54, 1.807) is 0 Å². The summed E-state index contributed by atoms with van der Waals surface area (Å²) in [5, 5.41) is 0. The lowest BCUT2D eigenvalue weighted by Crippen LogP contribution is -2.14. The van der Waals surface area contributed by atoms with E-state index in [1.165, 1.54) is 11.1 Å². The zero-order valence-electron chi connectivity index (χ0n) is 11.0. The molecule has 2 aliphatic heterocycles. The molecule has 4 rings (SSSR count). The molecule has 1 saturated heterocycles. The van der Waals surface area contributed by atoms with Crippen molar-refractivity contribution in [3.63, 3.8) is 0 Å². The molecule has 0 amide bonds. The van der Waals surface area contributed by atoms with Gasteiger partial charge in [0.1, 0.15) is 11.5 Å². The lowest BCUT2D eigenvalue weighted by molar-refractivity contribution is 0.401. The molecular formula is C17H17NO. The van der Waals surface area contributed by atoms with E-state index in [0.29, 0.717) is 11.8 Å². The van der Waals surface area contributed by atoms with Crippen molar-refractivity contribution < 1.29 is 4.74 Å². The molecule has 2 heteroatoms. The quantitative estimate of drug-likeness (QED) is 0.709. The maximum Gasteiger partial charge on any atom is 0.130 e. The Bertz CT molecular complexity index is 569. The fourth-order valence-electron chi connectivity index (χ4n) is 3.51. The molecule has 2 aromatic carbocycles. The van der Waals surface area contributed by atoms with Crippen LogP contribution in [0.3, 0.4) is 0 Å². The third-order valence-corrected chi connectivity index (χ3v) is 4.36. The molecule has 2 aromatic rings. The van der Waals surface area contributed by atoms with Crippen LogP contribution >= 0.6 is 0 Å². The van der Waals surface area contributed by atoms with E-state index in [1.807, 2.05) is 0 Å². The van der Waals surface area contributed by atoms with Gasteiger partial charge in [0, 0.05) is 24.9 Å². The Balaban J connectivity index is 1.93. The van der Waals surface area contributed by atoms with Crippen molar-refractivity contribution in [2.75, 3.05) is 20.1 Å². The minimum absolute atomic E-state index is 0.546. The van der Waals surface area contributed by atoms with Gasteiger partial charge in [-0.2, -0.15) is 0 Å². The third-order valence-electron chi connectivity index (χ3n) is 4.36. The van der Waals surface area contributed by atoms with Crippen LogP contribution in [0.1, 0.15) is 23.0 Å². The first kappa shape index (κ1) is 11.1. The van der Waals surface area contributed by atoms with Crippen molar-refractivity contribution in [2.24, 2.45) is 0 Å². The molecule has 2 nitrogen and oxygen atoms in total. The van der Waals surface area contributed by atoms with Gasteiger partial charge in [0.05, 0.1) is 0 Å². The maximum absolute atomic E-state index is 6.16. The maximum atomic E-state index is 6.16. The Morgan fingerprint density at radius 3 is 1.84 bits per heavy atom. The van der Waals surface area contributed by atoms with Crippen LogP contribution in [0.4, 0.5) is 0 Å². The van der Waals surface area contributed by atoms with E-state index in [0.717, 1.165) is 24.6 Å². The van der Waals surface area contributed by atoms with Crippen LogP contribution < -0.4 is 4.74 Å². The van der Waals surface area contributed by atoms with Crippen molar-refractivity contribution >= 4 is 0 Å². The number of likely N-dealkylation sites (N-methyl/N-ethyl adjacent to an activating group) is 1. The summed E-state index contributed by atoms with van der Waals surface area (Å²) in [6.45, 7) is 2.22. The SMILES string of the molecule is CN1C[C@@H]2c3ccccc3Oc3ccccc3[C@H]2C1. The van der Waals surface area contributed by atoms with Crippen LogP contribution in [0, 0.1) is 0 Å². The number of hydrogen-bond donors (Lipinski definition) is 0. The van der Waals surface area contributed by atoms with Crippen molar-refractivity contribution in [1.82, 2.24) is 4.90 Å². The number of para-hydroxylation sites is 2. The molecule has 2 atom stereocenters. The number of fused-ring (bicyclic) bond motifs is 5. The zero-order chi connectivity index (χ0) is 12.8. The Morgan fingerprint density at radius 2 is 1.32 bits per heavy atom. The fourth-order valence-corrected chi connectivity index (χ4v) is 3.51. The fraction of sp³-hybridized carbons (Fsp3) is 0.294. The molecule has 0 aromatic heterocycles. The minimum Gasteiger partial charge on any atom is -0.457 e. The number of benzene rings is 2. The van der Waals surface area contributed by atoms with Crippen LogP contribution in [0.5, 0.6) is 11.5 Å². The monoisotopic (exact) mass is 251 g/mol. The minimum atomic E-state index is 0.546. The molecule has 2 heterocycles. The Hall–Kier alpha value is -1.80.